The summed E-state index contributed by atoms with van der Waals surface area (Å²) in [4.78, 5) is 11.0. The van der Waals surface area contributed by atoms with Crippen LogP contribution in [0.15, 0.2) is 12.1 Å². The van der Waals surface area contributed by atoms with Crippen LogP contribution in [0.1, 0.15) is 12.6 Å². The number of hydrogen-bond donors (Lipinski definition) is 2. The molecule has 17 heavy (non-hydrogen) atoms. The highest BCUT2D eigenvalue weighted by Crippen LogP contribution is 2.26. The lowest BCUT2D eigenvalue weighted by Gasteiger charge is -2.07. The van der Waals surface area contributed by atoms with Crippen molar-refractivity contribution >= 4 is 11.7 Å². The van der Waals surface area contributed by atoms with E-state index in [-0.39, 0.29) is 18.3 Å². The Balaban J connectivity index is 2.54. The number of carbonyl (C=O) groups excluding carboxylic acids is 1. The van der Waals surface area contributed by atoms with Crippen LogP contribution in [0.3, 0.4) is 0 Å². The Labute approximate surface area is 95.4 Å². The predicted octanol–water partition coefficient (Wildman–Crippen LogP) is 1.04. The van der Waals surface area contributed by atoms with Gasteiger partial charge in [-0.2, -0.15) is 13.2 Å². The van der Waals surface area contributed by atoms with Gasteiger partial charge < -0.3 is 10.6 Å². The van der Waals surface area contributed by atoms with Gasteiger partial charge in [0.25, 0.3) is 0 Å². The maximum Gasteiger partial charge on any atom is 0.435 e. The summed E-state index contributed by atoms with van der Waals surface area (Å²) in [7, 11) is 0. The maximum absolute atomic E-state index is 12.1. The fourth-order valence-corrected chi connectivity index (χ4v) is 1.01. The third-order valence-corrected chi connectivity index (χ3v) is 1.76. The van der Waals surface area contributed by atoms with Crippen molar-refractivity contribution in [3.63, 3.8) is 0 Å². The van der Waals surface area contributed by atoms with Crippen LogP contribution in [0, 0.1) is 0 Å². The SMILES string of the molecule is CCNC(=O)CNc1ccc(C(F)(F)F)nn1. The van der Waals surface area contributed by atoms with Crippen molar-refractivity contribution in [2.45, 2.75) is 13.1 Å². The van der Waals surface area contributed by atoms with Gasteiger partial charge in [-0.25, -0.2) is 0 Å². The number of anilines is 1. The molecule has 0 unspecified atom stereocenters. The molecule has 0 aliphatic carbocycles. The Hall–Kier alpha value is -1.86. The fraction of sp³-hybridized carbons (Fsp3) is 0.444. The summed E-state index contributed by atoms with van der Waals surface area (Å²) in [6.45, 7) is 2.18. The largest absolute Gasteiger partial charge is 0.435 e. The van der Waals surface area contributed by atoms with Gasteiger partial charge in [0.15, 0.2) is 5.69 Å². The highest BCUT2D eigenvalue weighted by Gasteiger charge is 2.32. The van der Waals surface area contributed by atoms with Crippen molar-refractivity contribution in [1.82, 2.24) is 15.5 Å². The number of alkyl halides is 3. The van der Waals surface area contributed by atoms with Gasteiger partial charge >= 0.3 is 6.18 Å². The van der Waals surface area contributed by atoms with Gasteiger partial charge in [0.2, 0.25) is 5.91 Å². The van der Waals surface area contributed by atoms with Gasteiger partial charge in [-0.15, -0.1) is 10.2 Å². The minimum absolute atomic E-state index is 0.0616. The molecule has 0 spiro atoms. The highest BCUT2D eigenvalue weighted by atomic mass is 19.4. The molecule has 0 saturated heterocycles. The lowest BCUT2D eigenvalue weighted by atomic mass is 10.4. The molecule has 0 atom stereocenters. The first-order chi connectivity index (χ1) is 7.93. The second kappa shape index (κ2) is 5.46. The average Bonchev–Trinajstić information content (AvgIpc) is 2.26. The Morgan fingerprint density at radius 3 is 2.53 bits per heavy atom. The molecular formula is C9H11F3N4O. The first-order valence-electron chi connectivity index (χ1n) is 4.85. The molecule has 0 fully saturated rings. The predicted molar refractivity (Wildman–Crippen MR) is 54.2 cm³/mol. The van der Waals surface area contributed by atoms with Gasteiger partial charge in [-0.3, -0.25) is 4.79 Å². The minimum atomic E-state index is -4.51. The Morgan fingerprint density at radius 2 is 2.06 bits per heavy atom. The van der Waals surface area contributed by atoms with E-state index in [1.165, 1.54) is 0 Å². The maximum atomic E-state index is 12.1. The van der Waals surface area contributed by atoms with Gasteiger partial charge in [0.05, 0.1) is 6.54 Å². The van der Waals surface area contributed by atoms with E-state index in [0.717, 1.165) is 12.1 Å². The van der Waals surface area contributed by atoms with E-state index in [1.807, 2.05) is 0 Å². The second-order valence-corrected chi connectivity index (χ2v) is 3.11. The summed E-state index contributed by atoms with van der Waals surface area (Å²) in [5, 5.41) is 11.4. The Kier molecular flexibility index (Phi) is 4.24. The highest BCUT2D eigenvalue weighted by molar-refractivity contribution is 5.80. The Morgan fingerprint density at radius 1 is 1.35 bits per heavy atom. The molecule has 2 N–H and O–H groups in total. The molecule has 1 aromatic rings. The molecule has 1 heterocycles. The molecule has 1 aromatic heterocycles. The molecule has 0 aliphatic rings. The lowest BCUT2D eigenvalue weighted by molar-refractivity contribution is -0.141. The number of rotatable bonds is 4. The lowest BCUT2D eigenvalue weighted by Crippen LogP contribution is -2.29. The van der Waals surface area contributed by atoms with Crippen LogP contribution in [-0.4, -0.2) is 29.2 Å². The smallest absolute Gasteiger partial charge is 0.360 e. The van der Waals surface area contributed by atoms with Crippen molar-refractivity contribution in [3.8, 4) is 0 Å². The van der Waals surface area contributed by atoms with Crippen molar-refractivity contribution in [2.75, 3.05) is 18.4 Å². The molecule has 0 aromatic carbocycles. The molecule has 94 valence electrons. The summed E-state index contributed by atoms with van der Waals surface area (Å²) in [6, 6.07) is 1.92. The minimum Gasteiger partial charge on any atom is -0.360 e. The molecule has 8 heteroatoms. The zero-order valence-electron chi connectivity index (χ0n) is 9.01. The summed E-state index contributed by atoms with van der Waals surface area (Å²) < 4.78 is 36.4. The number of halogens is 3. The van der Waals surface area contributed by atoms with Crippen molar-refractivity contribution < 1.29 is 18.0 Å². The van der Waals surface area contributed by atoms with Crippen molar-refractivity contribution in [3.05, 3.63) is 17.8 Å². The van der Waals surface area contributed by atoms with Crippen LogP contribution in [0.2, 0.25) is 0 Å². The number of carbonyl (C=O) groups is 1. The fourth-order valence-electron chi connectivity index (χ4n) is 1.01. The quantitative estimate of drug-likeness (QED) is 0.835. The van der Waals surface area contributed by atoms with Gasteiger partial charge in [0.1, 0.15) is 5.82 Å². The van der Waals surface area contributed by atoms with E-state index >= 15 is 0 Å². The van der Waals surface area contributed by atoms with Crippen molar-refractivity contribution in [2.24, 2.45) is 0 Å². The van der Waals surface area contributed by atoms with Crippen molar-refractivity contribution in [1.29, 1.82) is 0 Å². The van der Waals surface area contributed by atoms with Gasteiger partial charge in [-0.05, 0) is 19.1 Å². The van der Waals surface area contributed by atoms with Crippen LogP contribution in [0.4, 0.5) is 19.0 Å². The van der Waals surface area contributed by atoms with Crippen LogP contribution in [0.5, 0.6) is 0 Å². The number of nitrogens with one attached hydrogen (secondary N) is 2. The molecule has 0 radical (unpaired) electrons. The van der Waals surface area contributed by atoms with Gasteiger partial charge in [0, 0.05) is 6.54 Å². The summed E-state index contributed by atoms with van der Waals surface area (Å²) in [5.41, 5.74) is -1.07. The first kappa shape index (κ1) is 13.2. The summed E-state index contributed by atoms with van der Waals surface area (Å²) in [6.07, 6.45) is -4.51. The topological polar surface area (TPSA) is 66.9 Å². The van der Waals surface area contributed by atoms with Crippen LogP contribution in [0.25, 0.3) is 0 Å². The standard InChI is InChI=1S/C9H11F3N4O/c1-2-13-8(17)5-14-7-4-3-6(15-16-7)9(10,11)12/h3-4H,2,5H2,1H3,(H,13,17)(H,14,16). The normalized spacial score (nSPS) is 11.1. The first-order valence-corrected chi connectivity index (χ1v) is 4.85. The van der Waals surface area contributed by atoms with E-state index in [9.17, 15) is 18.0 Å². The monoisotopic (exact) mass is 248 g/mol. The van der Waals surface area contributed by atoms with Crippen LogP contribution >= 0.6 is 0 Å². The van der Waals surface area contributed by atoms with Gasteiger partial charge in [-0.1, -0.05) is 0 Å². The number of nitrogens with zero attached hydrogens (tertiary/aromatic N) is 2. The number of aromatic nitrogens is 2. The van der Waals surface area contributed by atoms with E-state index in [0.29, 0.717) is 6.54 Å². The zero-order chi connectivity index (χ0) is 12.9. The molecule has 0 aliphatic heterocycles. The van der Waals surface area contributed by atoms with E-state index in [4.69, 9.17) is 0 Å². The Bertz CT molecular complexity index is 377. The summed E-state index contributed by atoms with van der Waals surface area (Å²) in [5.74, 6) is -0.154. The van der Waals surface area contributed by atoms with Crippen LogP contribution in [-0.2, 0) is 11.0 Å². The number of likely N-dealkylation sites (N-methyl/N-ethyl adjacent to an activating group) is 1. The average molecular weight is 248 g/mol. The van der Waals surface area contributed by atoms with E-state index in [1.54, 1.807) is 6.92 Å². The van der Waals surface area contributed by atoms with E-state index < -0.39 is 11.9 Å². The third kappa shape index (κ3) is 4.25. The summed E-state index contributed by atoms with van der Waals surface area (Å²) >= 11 is 0. The molecule has 5 nitrogen and oxygen atoms in total. The van der Waals surface area contributed by atoms with Crippen LogP contribution < -0.4 is 10.6 Å². The number of hydrogen-bond acceptors (Lipinski definition) is 4. The zero-order valence-corrected chi connectivity index (χ0v) is 9.01. The number of amides is 1. The molecule has 1 rings (SSSR count). The third-order valence-electron chi connectivity index (χ3n) is 1.76. The molecule has 1 amide bonds. The molecule has 0 bridgehead atoms. The molecule has 0 saturated carbocycles. The van der Waals surface area contributed by atoms with E-state index in [2.05, 4.69) is 20.8 Å². The second-order valence-electron chi connectivity index (χ2n) is 3.11. The molecular weight excluding hydrogens is 237 g/mol.